The first kappa shape index (κ1) is 11.6. The Kier molecular flexibility index (Phi) is 3.40. The Morgan fingerprint density at radius 3 is 3.00 bits per heavy atom. The second kappa shape index (κ2) is 4.97. The molecule has 1 aromatic heterocycles. The van der Waals surface area contributed by atoms with Crippen molar-refractivity contribution in [1.82, 2.24) is 14.8 Å². The zero-order valence-corrected chi connectivity index (χ0v) is 10.7. The highest BCUT2D eigenvalue weighted by Gasteiger charge is 2.06. The summed E-state index contributed by atoms with van der Waals surface area (Å²) in [5.74, 6) is 0.946. The van der Waals surface area contributed by atoms with Crippen LogP contribution in [0.5, 0.6) is 5.75 Å². The monoisotopic (exact) mass is 292 g/mol. The van der Waals surface area contributed by atoms with Crippen LogP contribution in [0, 0.1) is 11.3 Å². The molecule has 0 amide bonds. The van der Waals surface area contributed by atoms with E-state index in [9.17, 15) is 0 Å². The van der Waals surface area contributed by atoms with Crippen LogP contribution in [0.3, 0.4) is 0 Å². The highest BCUT2D eigenvalue weighted by atomic mass is 79.9. The Hall–Kier alpha value is -1.87. The van der Waals surface area contributed by atoms with E-state index in [1.54, 1.807) is 11.8 Å². The molecule has 2 aromatic rings. The van der Waals surface area contributed by atoms with Crippen molar-refractivity contribution in [3.63, 3.8) is 0 Å². The predicted molar refractivity (Wildman–Crippen MR) is 64.5 cm³/mol. The van der Waals surface area contributed by atoms with Gasteiger partial charge in [-0.25, -0.2) is 9.67 Å². The average Bonchev–Trinajstić information content (AvgIpc) is 2.77. The third kappa shape index (κ3) is 2.63. The Morgan fingerprint density at radius 1 is 1.53 bits per heavy atom. The molecule has 0 fully saturated rings. The highest BCUT2D eigenvalue weighted by molar-refractivity contribution is 9.10. The van der Waals surface area contributed by atoms with Gasteiger partial charge in [0.15, 0.2) is 0 Å². The summed E-state index contributed by atoms with van der Waals surface area (Å²) in [7, 11) is 1.62. The van der Waals surface area contributed by atoms with E-state index in [1.807, 2.05) is 24.3 Å². The van der Waals surface area contributed by atoms with Gasteiger partial charge in [0.05, 0.1) is 13.7 Å². The van der Waals surface area contributed by atoms with Gasteiger partial charge in [-0.15, -0.1) is 5.10 Å². The molecule has 0 aliphatic rings. The van der Waals surface area contributed by atoms with Crippen molar-refractivity contribution < 1.29 is 4.74 Å². The zero-order valence-electron chi connectivity index (χ0n) is 9.09. The van der Waals surface area contributed by atoms with E-state index < -0.39 is 0 Å². The molecule has 1 heterocycles. The lowest BCUT2D eigenvalue weighted by atomic mass is 10.2. The van der Waals surface area contributed by atoms with Crippen molar-refractivity contribution in [3.05, 3.63) is 40.4 Å². The summed E-state index contributed by atoms with van der Waals surface area (Å²) in [6.07, 6.45) is 1.53. The Morgan fingerprint density at radius 2 is 2.35 bits per heavy atom. The van der Waals surface area contributed by atoms with E-state index in [-0.39, 0.29) is 5.82 Å². The fourth-order valence-electron chi connectivity index (χ4n) is 1.47. The predicted octanol–water partition coefficient (Wildman–Crippen LogP) is 1.97. The molecule has 1 aromatic carbocycles. The number of nitriles is 1. The van der Waals surface area contributed by atoms with Gasteiger partial charge in [0.1, 0.15) is 18.1 Å². The number of hydrogen-bond acceptors (Lipinski definition) is 4. The molecule has 0 saturated carbocycles. The lowest BCUT2D eigenvalue weighted by molar-refractivity contribution is 0.407. The van der Waals surface area contributed by atoms with Crippen LogP contribution in [0.25, 0.3) is 0 Å². The molecule has 0 unspecified atom stereocenters. The van der Waals surface area contributed by atoms with E-state index in [1.165, 1.54) is 6.33 Å². The SMILES string of the molecule is COc1ccc(Br)cc1Cn1cnc(C#N)n1. The van der Waals surface area contributed by atoms with Crippen molar-refractivity contribution in [3.8, 4) is 11.8 Å². The molecular formula is C11H9BrN4O. The first-order valence-electron chi connectivity index (χ1n) is 4.85. The van der Waals surface area contributed by atoms with Gasteiger partial charge in [-0.2, -0.15) is 5.26 Å². The normalized spacial score (nSPS) is 9.94. The first-order valence-corrected chi connectivity index (χ1v) is 5.64. The van der Waals surface area contributed by atoms with Gasteiger partial charge >= 0.3 is 0 Å². The van der Waals surface area contributed by atoms with Crippen molar-refractivity contribution in [2.45, 2.75) is 6.54 Å². The number of ether oxygens (including phenoxy) is 1. The fourth-order valence-corrected chi connectivity index (χ4v) is 1.88. The lowest BCUT2D eigenvalue weighted by Crippen LogP contribution is -2.02. The number of aromatic nitrogens is 3. The molecule has 0 aliphatic carbocycles. The standard InChI is InChI=1S/C11H9BrN4O/c1-17-10-3-2-9(12)4-8(10)6-16-7-14-11(5-13)15-16/h2-4,7H,6H2,1H3. The lowest BCUT2D eigenvalue weighted by Gasteiger charge is -2.08. The summed E-state index contributed by atoms with van der Waals surface area (Å²) in [4.78, 5) is 3.85. The zero-order chi connectivity index (χ0) is 12.3. The number of hydrogen-bond donors (Lipinski definition) is 0. The highest BCUT2D eigenvalue weighted by Crippen LogP contribution is 2.23. The number of benzene rings is 1. The maximum Gasteiger partial charge on any atom is 0.252 e. The number of nitrogens with zero attached hydrogens (tertiary/aromatic N) is 4. The molecule has 0 radical (unpaired) electrons. The van der Waals surface area contributed by atoms with Crippen LogP contribution in [0.4, 0.5) is 0 Å². The van der Waals surface area contributed by atoms with Gasteiger partial charge in [0.2, 0.25) is 0 Å². The summed E-state index contributed by atoms with van der Waals surface area (Å²) in [5.41, 5.74) is 0.969. The number of methoxy groups -OCH3 is 1. The van der Waals surface area contributed by atoms with Crippen LogP contribution >= 0.6 is 15.9 Å². The molecule has 5 nitrogen and oxygen atoms in total. The van der Waals surface area contributed by atoms with Gasteiger partial charge in [-0.1, -0.05) is 15.9 Å². The molecule has 17 heavy (non-hydrogen) atoms. The molecule has 0 spiro atoms. The minimum Gasteiger partial charge on any atom is -0.496 e. The molecule has 0 atom stereocenters. The van der Waals surface area contributed by atoms with Crippen LogP contribution in [0.15, 0.2) is 29.0 Å². The van der Waals surface area contributed by atoms with Gasteiger partial charge < -0.3 is 4.74 Å². The van der Waals surface area contributed by atoms with Crippen molar-refractivity contribution in [2.75, 3.05) is 7.11 Å². The molecule has 0 bridgehead atoms. The van der Waals surface area contributed by atoms with Crippen molar-refractivity contribution in [2.24, 2.45) is 0 Å². The third-order valence-electron chi connectivity index (χ3n) is 2.21. The summed E-state index contributed by atoms with van der Waals surface area (Å²) < 4.78 is 7.82. The quantitative estimate of drug-likeness (QED) is 0.868. The second-order valence-electron chi connectivity index (χ2n) is 3.33. The smallest absolute Gasteiger partial charge is 0.252 e. The summed E-state index contributed by atoms with van der Waals surface area (Å²) >= 11 is 3.40. The van der Waals surface area contributed by atoms with Crippen LogP contribution in [0.1, 0.15) is 11.4 Å². The van der Waals surface area contributed by atoms with Crippen LogP contribution < -0.4 is 4.74 Å². The van der Waals surface area contributed by atoms with E-state index in [2.05, 4.69) is 26.0 Å². The van der Waals surface area contributed by atoms with Crippen molar-refractivity contribution >= 4 is 15.9 Å². The molecule has 2 rings (SSSR count). The minimum atomic E-state index is 0.166. The summed E-state index contributed by atoms with van der Waals surface area (Å²) in [5, 5.41) is 12.6. The van der Waals surface area contributed by atoms with Crippen molar-refractivity contribution in [1.29, 1.82) is 5.26 Å². The van der Waals surface area contributed by atoms with Gasteiger partial charge in [0.25, 0.3) is 5.82 Å². The molecular weight excluding hydrogens is 284 g/mol. The number of halogens is 1. The number of rotatable bonds is 3. The van der Waals surface area contributed by atoms with E-state index in [4.69, 9.17) is 10.00 Å². The van der Waals surface area contributed by atoms with Crippen LogP contribution in [-0.4, -0.2) is 21.9 Å². The first-order chi connectivity index (χ1) is 8.22. The van der Waals surface area contributed by atoms with Crippen LogP contribution in [0.2, 0.25) is 0 Å². The topological polar surface area (TPSA) is 63.7 Å². The minimum absolute atomic E-state index is 0.166. The maximum atomic E-state index is 8.64. The largest absolute Gasteiger partial charge is 0.496 e. The average molecular weight is 293 g/mol. The fraction of sp³-hybridized carbons (Fsp3) is 0.182. The van der Waals surface area contributed by atoms with E-state index in [0.29, 0.717) is 6.54 Å². The molecule has 6 heteroatoms. The second-order valence-corrected chi connectivity index (χ2v) is 4.25. The van der Waals surface area contributed by atoms with E-state index in [0.717, 1.165) is 15.8 Å². The van der Waals surface area contributed by atoms with Gasteiger partial charge in [-0.3, -0.25) is 0 Å². The summed E-state index contributed by atoms with van der Waals surface area (Å²) in [6, 6.07) is 7.62. The Bertz CT molecular complexity index is 573. The van der Waals surface area contributed by atoms with Crippen LogP contribution in [-0.2, 0) is 6.54 Å². The molecule has 0 saturated heterocycles. The Labute approximate surface area is 107 Å². The summed E-state index contributed by atoms with van der Waals surface area (Å²) in [6.45, 7) is 0.511. The van der Waals surface area contributed by atoms with Gasteiger partial charge in [0, 0.05) is 10.0 Å². The molecule has 0 aliphatic heterocycles. The third-order valence-corrected chi connectivity index (χ3v) is 2.70. The van der Waals surface area contributed by atoms with Gasteiger partial charge in [-0.05, 0) is 18.2 Å². The maximum absolute atomic E-state index is 8.64. The molecule has 0 N–H and O–H groups in total. The molecule has 86 valence electrons. The Balaban J connectivity index is 2.29. The van der Waals surface area contributed by atoms with E-state index >= 15 is 0 Å².